The van der Waals surface area contributed by atoms with Gasteiger partial charge in [0.1, 0.15) is 5.82 Å². The fourth-order valence-corrected chi connectivity index (χ4v) is 2.61. The maximum atomic E-state index is 13.2. The third-order valence-electron chi connectivity index (χ3n) is 3.78. The van der Waals surface area contributed by atoms with Crippen molar-refractivity contribution in [3.05, 3.63) is 35.6 Å². The molecule has 1 aromatic rings. The lowest BCUT2D eigenvalue weighted by molar-refractivity contribution is 0.470. The molecule has 2 rings (SSSR count). The Kier molecular flexibility index (Phi) is 7.42. The summed E-state index contributed by atoms with van der Waals surface area (Å²) >= 11 is 0. The molecule has 5 heteroatoms. The molecular formula is C16H25FIN3. The smallest absolute Gasteiger partial charge is 0.193 e. The molecule has 2 unspecified atom stereocenters. The SMILES string of the molecule is CCCC1CC1NC(=NC)N(C)Cc1cccc(F)c1.I. The highest BCUT2D eigenvalue weighted by Crippen LogP contribution is 2.34. The molecule has 0 saturated heterocycles. The average molecular weight is 405 g/mol. The van der Waals surface area contributed by atoms with Crippen LogP contribution in [0.5, 0.6) is 0 Å². The van der Waals surface area contributed by atoms with Gasteiger partial charge in [-0.25, -0.2) is 4.39 Å². The molecule has 3 nitrogen and oxygen atoms in total. The van der Waals surface area contributed by atoms with Gasteiger partial charge in [0, 0.05) is 26.7 Å². The van der Waals surface area contributed by atoms with Crippen molar-refractivity contribution in [3.8, 4) is 0 Å². The molecule has 1 saturated carbocycles. The van der Waals surface area contributed by atoms with Gasteiger partial charge in [0.15, 0.2) is 5.96 Å². The minimum atomic E-state index is -0.191. The number of halogens is 2. The third kappa shape index (κ3) is 5.45. The highest BCUT2D eigenvalue weighted by atomic mass is 127. The van der Waals surface area contributed by atoms with E-state index in [0.717, 1.165) is 17.4 Å². The number of aliphatic imine (C=N–C) groups is 1. The number of rotatable bonds is 5. The van der Waals surface area contributed by atoms with Crippen LogP contribution in [0.2, 0.25) is 0 Å². The summed E-state index contributed by atoms with van der Waals surface area (Å²) in [6.45, 7) is 2.88. The quantitative estimate of drug-likeness (QED) is 0.460. The van der Waals surface area contributed by atoms with Crippen LogP contribution in [0.4, 0.5) is 4.39 Å². The van der Waals surface area contributed by atoms with Gasteiger partial charge in [-0.05, 0) is 36.5 Å². The van der Waals surface area contributed by atoms with Crippen LogP contribution in [0.3, 0.4) is 0 Å². The van der Waals surface area contributed by atoms with Gasteiger partial charge >= 0.3 is 0 Å². The van der Waals surface area contributed by atoms with Crippen molar-refractivity contribution in [1.29, 1.82) is 0 Å². The van der Waals surface area contributed by atoms with E-state index in [9.17, 15) is 4.39 Å². The summed E-state index contributed by atoms with van der Waals surface area (Å²) < 4.78 is 13.2. The molecule has 1 aliphatic rings. The van der Waals surface area contributed by atoms with Crippen LogP contribution in [0, 0.1) is 11.7 Å². The molecule has 0 aliphatic heterocycles. The lowest BCUT2D eigenvalue weighted by Crippen LogP contribution is -2.40. The number of nitrogens with zero attached hydrogens (tertiary/aromatic N) is 2. The summed E-state index contributed by atoms with van der Waals surface area (Å²) in [6.07, 6.45) is 3.75. The molecule has 1 N–H and O–H groups in total. The van der Waals surface area contributed by atoms with Crippen LogP contribution in [-0.4, -0.2) is 31.0 Å². The lowest BCUT2D eigenvalue weighted by atomic mass is 10.2. The highest BCUT2D eigenvalue weighted by Gasteiger charge is 2.36. The van der Waals surface area contributed by atoms with Gasteiger partial charge < -0.3 is 10.2 Å². The molecular weight excluding hydrogens is 380 g/mol. The van der Waals surface area contributed by atoms with Gasteiger partial charge in [0.2, 0.25) is 0 Å². The summed E-state index contributed by atoms with van der Waals surface area (Å²) in [6, 6.07) is 7.27. The second kappa shape index (κ2) is 8.56. The molecule has 1 aliphatic carbocycles. The molecule has 0 amide bonds. The largest absolute Gasteiger partial charge is 0.353 e. The molecule has 2 atom stereocenters. The Balaban J connectivity index is 0.00000220. The van der Waals surface area contributed by atoms with Crippen molar-refractivity contribution >= 4 is 29.9 Å². The van der Waals surface area contributed by atoms with E-state index in [1.807, 2.05) is 18.0 Å². The van der Waals surface area contributed by atoms with Gasteiger partial charge in [0.05, 0.1) is 0 Å². The number of guanidine groups is 1. The van der Waals surface area contributed by atoms with Crippen LogP contribution in [-0.2, 0) is 6.54 Å². The maximum Gasteiger partial charge on any atom is 0.193 e. The predicted octanol–water partition coefficient (Wildman–Crippen LogP) is 3.64. The molecule has 1 fully saturated rings. The predicted molar refractivity (Wildman–Crippen MR) is 96.6 cm³/mol. The summed E-state index contributed by atoms with van der Waals surface area (Å²) in [4.78, 5) is 6.36. The van der Waals surface area contributed by atoms with E-state index in [-0.39, 0.29) is 29.8 Å². The zero-order valence-electron chi connectivity index (χ0n) is 13.0. The summed E-state index contributed by atoms with van der Waals surface area (Å²) in [5.74, 6) is 1.49. The standard InChI is InChI=1S/C16H24FN3.HI/c1-4-6-13-10-15(13)19-16(18-2)20(3)11-12-7-5-8-14(17)9-12;/h5,7-9,13,15H,4,6,10-11H2,1-3H3,(H,18,19);1H. The van der Waals surface area contributed by atoms with E-state index in [4.69, 9.17) is 0 Å². The molecule has 0 radical (unpaired) electrons. The Morgan fingerprint density at radius 2 is 2.24 bits per heavy atom. The van der Waals surface area contributed by atoms with E-state index in [0.29, 0.717) is 12.6 Å². The van der Waals surface area contributed by atoms with Gasteiger partial charge in [0.25, 0.3) is 0 Å². The first-order valence-corrected chi connectivity index (χ1v) is 7.33. The van der Waals surface area contributed by atoms with Gasteiger partial charge in [-0.2, -0.15) is 0 Å². The van der Waals surface area contributed by atoms with E-state index >= 15 is 0 Å². The topological polar surface area (TPSA) is 27.6 Å². The minimum Gasteiger partial charge on any atom is -0.353 e. The van der Waals surface area contributed by atoms with Crippen molar-refractivity contribution in [2.24, 2.45) is 10.9 Å². The fourth-order valence-electron chi connectivity index (χ4n) is 2.61. The minimum absolute atomic E-state index is 0. The Morgan fingerprint density at radius 1 is 1.48 bits per heavy atom. The monoisotopic (exact) mass is 405 g/mol. The molecule has 0 aromatic heterocycles. The molecule has 1 aromatic carbocycles. The average Bonchev–Trinajstić information content (AvgIpc) is 3.14. The van der Waals surface area contributed by atoms with Crippen molar-refractivity contribution in [2.75, 3.05) is 14.1 Å². The zero-order chi connectivity index (χ0) is 14.5. The first kappa shape index (κ1) is 18.2. The molecule has 21 heavy (non-hydrogen) atoms. The number of benzene rings is 1. The molecule has 0 bridgehead atoms. The first-order valence-electron chi connectivity index (χ1n) is 7.33. The van der Waals surface area contributed by atoms with Crippen LogP contribution in [0.15, 0.2) is 29.3 Å². The second-order valence-electron chi connectivity index (χ2n) is 5.57. The van der Waals surface area contributed by atoms with Crippen molar-refractivity contribution < 1.29 is 4.39 Å². The van der Waals surface area contributed by atoms with Crippen molar-refractivity contribution in [3.63, 3.8) is 0 Å². The van der Waals surface area contributed by atoms with E-state index in [1.165, 1.54) is 25.3 Å². The highest BCUT2D eigenvalue weighted by molar-refractivity contribution is 14.0. The number of hydrogen-bond donors (Lipinski definition) is 1. The molecule has 118 valence electrons. The van der Waals surface area contributed by atoms with Crippen LogP contribution < -0.4 is 5.32 Å². The number of nitrogens with one attached hydrogen (secondary N) is 1. The number of hydrogen-bond acceptors (Lipinski definition) is 1. The zero-order valence-corrected chi connectivity index (χ0v) is 15.3. The van der Waals surface area contributed by atoms with Crippen molar-refractivity contribution in [1.82, 2.24) is 10.2 Å². The van der Waals surface area contributed by atoms with Crippen LogP contribution in [0.25, 0.3) is 0 Å². The van der Waals surface area contributed by atoms with E-state index < -0.39 is 0 Å². The van der Waals surface area contributed by atoms with Crippen LogP contribution in [0.1, 0.15) is 31.7 Å². The maximum absolute atomic E-state index is 13.2. The van der Waals surface area contributed by atoms with Gasteiger partial charge in [-0.15, -0.1) is 24.0 Å². The molecule has 0 heterocycles. The first-order chi connectivity index (χ1) is 9.63. The van der Waals surface area contributed by atoms with E-state index in [2.05, 4.69) is 17.2 Å². The summed E-state index contributed by atoms with van der Waals surface area (Å²) in [5.41, 5.74) is 0.955. The summed E-state index contributed by atoms with van der Waals surface area (Å²) in [7, 11) is 3.78. The van der Waals surface area contributed by atoms with Crippen molar-refractivity contribution in [2.45, 2.75) is 38.8 Å². The van der Waals surface area contributed by atoms with Gasteiger partial charge in [-0.3, -0.25) is 4.99 Å². The molecule has 0 spiro atoms. The fraction of sp³-hybridized carbons (Fsp3) is 0.562. The third-order valence-corrected chi connectivity index (χ3v) is 3.78. The Hall–Kier alpha value is -0.850. The Bertz CT molecular complexity index is 478. The van der Waals surface area contributed by atoms with Crippen LogP contribution >= 0.6 is 24.0 Å². The lowest BCUT2D eigenvalue weighted by Gasteiger charge is -2.22. The normalized spacial score (nSPS) is 20.7. The van der Waals surface area contributed by atoms with E-state index in [1.54, 1.807) is 19.2 Å². The summed E-state index contributed by atoms with van der Waals surface area (Å²) in [5, 5.41) is 3.49. The Morgan fingerprint density at radius 3 is 2.86 bits per heavy atom. The Labute approximate surface area is 144 Å². The van der Waals surface area contributed by atoms with Gasteiger partial charge in [-0.1, -0.05) is 25.5 Å². The second-order valence-corrected chi connectivity index (χ2v) is 5.57.